The molecular formula is C17H25IN4OS. The van der Waals surface area contributed by atoms with Crippen molar-refractivity contribution in [3.63, 3.8) is 0 Å². The highest BCUT2D eigenvalue weighted by atomic mass is 127. The van der Waals surface area contributed by atoms with Gasteiger partial charge in [0.15, 0.2) is 5.96 Å². The Hall–Kier alpha value is -1.35. The highest BCUT2D eigenvalue weighted by Gasteiger charge is 2.05. The summed E-state index contributed by atoms with van der Waals surface area (Å²) in [6.45, 7) is 5.63. The van der Waals surface area contributed by atoms with Gasteiger partial charge in [0.25, 0.3) is 0 Å². The largest absolute Gasteiger partial charge is 0.497 e. The molecule has 2 N–H and O–H groups in total. The lowest BCUT2D eigenvalue weighted by molar-refractivity contribution is 0.414. The number of hydrogen-bond donors (Lipinski definition) is 2. The molecule has 7 heteroatoms. The molecule has 0 saturated heterocycles. The van der Waals surface area contributed by atoms with Crippen LogP contribution in [0.4, 0.5) is 0 Å². The molecule has 24 heavy (non-hydrogen) atoms. The summed E-state index contributed by atoms with van der Waals surface area (Å²) in [6, 6.07) is 8.12. The average Bonchev–Trinajstić information content (AvgIpc) is 2.88. The minimum absolute atomic E-state index is 0. The van der Waals surface area contributed by atoms with E-state index in [0.29, 0.717) is 0 Å². The lowest BCUT2D eigenvalue weighted by Crippen LogP contribution is -2.37. The molecule has 0 spiro atoms. The maximum atomic E-state index is 5.24. The van der Waals surface area contributed by atoms with Gasteiger partial charge < -0.3 is 15.4 Å². The number of benzene rings is 1. The molecule has 0 aliphatic carbocycles. The van der Waals surface area contributed by atoms with Crippen LogP contribution in [-0.4, -0.2) is 31.6 Å². The molecule has 0 fully saturated rings. The van der Waals surface area contributed by atoms with Crippen molar-refractivity contribution in [2.75, 3.05) is 20.7 Å². The van der Waals surface area contributed by atoms with Crippen molar-refractivity contribution in [1.29, 1.82) is 0 Å². The number of nitrogens with one attached hydrogen (secondary N) is 2. The molecule has 0 aliphatic rings. The number of methoxy groups -OCH3 is 1. The minimum atomic E-state index is 0. The zero-order valence-corrected chi connectivity index (χ0v) is 17.7. The van der Waals surface area contributed by atoms with Gasteiger partial charge in [-0.25, -0.2) is 4.98 Å². The van der Waals surface area contributed by atoms with Crippen molar-refractivity contribution in [2.45, 2.75) is 26.8 Å². The van der Waals surface area contributed by atoms with Crippen LogP contribution in [0.5, 0.6) is 5.75 Å². The van der Waals surface area contributed by atoms with Crippen molar-refractivity contribution >= 4 is 41.3 Å². The summed E-state index contributed by atoms with van der Waals surface area (Å²) in [5.74, 6) is 1.69. The van der Waals surface area contributed by atoms with E-state index in [-0.39, 0.29) is 24.0 Å². The molecule has 5 nitrogen and oxygen atoms in total. The summed E-state index contributed by atoms with van der Waals surface area (Å²) in [7, 11) is 3.47. The van der Waals surface area contributed by atoms with Gasteiger partial charge >= 0.3 is 0 Å². The number of hydrogen-bond acceptors (Lipinski definition) is 4. The summed E-state index contributed by atoms with van der Waals surface area (Å²) in [5.41, 5.74) is 2.33. The van der Waals surface area contributed by atoms with E-state index in [9.17, 15) is 0 Å². The quantitative estimate of drug-likeness (QED) is 0.395. The normalized spacial score (nSPS) is 10.9. The second-order valence-electron chi connectivity index (χ2n) is 5.20. The van der Waals surface area contributed by atoms with E-state index < -0.39 is 0 Å². The van der Waals surface area contributed by atoms with Crippen LogP contribution in [0.1, 0.15) is 21.1 Å². The smallest absolute Gasteiger partial charge is 0.191 e. The van der Waals surface area contributed by atoms with Gasteiger partial charge in [0, 0.05) is 18.5 Å². The summed E-state index contributed by atoms with van der Waals surface area (Å²) < 4.78 is 5.24. The fourth-order valence-electron chi connectivity index (χ4n) is 2.28. The predicted octanol–water partition coefficient (Wildman–Crippen LogP) is 3.29. The highest BCUT2D eigenvalue weighted by molar-refractivity contribution is 14.0. The van der Waals surface area contributed by atoms with Gasteiger partial charge in [-0.3, -0.25) is 4.99 Å². The molecule has 0 bridgehead atoms. The number of aliphatic imine (C=N–C) groups is 1. The zero-order valence-electron chi connectivity index (χ0n) is 14.5. The summed E-state index contributed by atoms with van der Waals surface area (Å²) >= 11 is 1.72. The second kappa shape index (κ2) is 10.5. The first-order valence-electron chi connectivity index (χ1n) is 7.62. The Morgan fingerprint density at radius 3 is 2.71 bits per heavy atom. The fraction of sp³-hybridized carbons (Fsp3) is 0.412. The van der Waals surface area contributed by atoms with E-state index in [0.717, 1.165) is 41.9 Å². The van der Waals surface area contributed by atoms with E-state index in [2.05, 4.69) is 32.7 Å². The predicted molar refractivity (Wildman–Crippen MR) is 112 cm³/mol. The van der Waals surface area contributed by atoms with Crippen molar-refractivity contribution in [2.24, 2.45) is 4.99 Å². The van der Waals surface area contributed by atoms with Crippen molar-refractivity contribution in [3.8, 4) is 5.75 Å². The molecule has 1 aromatic carbocycles. The summed E-state index contributed by atoms with van der Waals surface area (Å²) in [6.07, 6.45) is 0.913. The Balaban J connectivity index is 0.00000288. The van der Waals surface area contributed by atoms with Gasteiger partial charge in [-0.1, -0.05) is 12.1 Å². The van der Waals surface area contributed by atoms with Crippen molar-refractivity contribution < 1.29 is 4.74 Å². The standard InChI is InChI=1S/C17H24N4OS.HI/c1-12-16(23-13(2)21-12)11-20-17(18-3)19-9-8-14-6-5-7-15(10-14)22-4;/h5-7,10H,8-9,11H2,1-4H3,(H2,18,19,20);1H. The molecule has 2 rings (SSSR count). The lowest BCUT2D eigenvalue weighted by atomic mass is 10.1. The number of halogens is 1. The van der Waals surface area contributed by atoms with Crippen molar-refractivity contribution in [1.82, 2.24) is 15.6 Å². The number of aromatic nitrogens is 1. The first-order chi connectivity index (χ1) is 11.1. The van der Waals surface area contributed by atoms with Gasteiger partial charge in [-0.2, -0.15) is 0 Å². The van der Waals surface area contributed by atoms with Crippen LogP contribution in [0.15, 0.2) is 29.3 Å². The second-order valence-corrected chi connectivity index (χ2v) is 6.48. The molecule has 2 aromatic rings. The Labute approximate surface area is 165 Å². The van der Waals surface area contributed by atoms with Crippen LogP contribution in [0, 0.1) is 13.8 Å². The SMILES string of the molecule is CN=C(NCCc1cccc(OC)c1)NCc1sc(C)nc1C.I. The van der Waals surface area contributed by atoms with Crippen LogP contribution in [0.2, 0.25) is 0 Å². The third-order valence-electron chi connectivity index (χ3n) is 3.48. The number of rotatable bonds is 6. The van der Waals surface area contributed by atoms with Crippen LogP contribution in [0.25, 0.3) is 0 Å². The lowest BCUT2D eigenvalue weighted by Gasteiger charge is -2.11. The molecule has 1 aromatic heterocycles. The molecule has 1 heterocycles. The van der Waals surface area contributed by atoms with E-state index in [1.807, 2.05) is 26.0 Å². The average molecular weight is 460 g/mol. The topological polar surface area (TPSA) is 58.5 Å². The van der Waals surface area contributed by atoms with Gasteiger partial charge in [-0.15, -0.1) is 35.3 Å². The van der Waals surface area contributed by atoms with Gasteiger partial charge in [0.1, 0.15) is 5.75 Å². The molecule has 0 saturated carbocycles. The Morgan fingerprint density at radius 2 is 2.08 bits per heavy atom. The van der Waals surface area contributed by atoms with Crippen LogP contribution < -0.4 is 15.4 Å². The minimum Gasteiger partial charge on any atom is -0.497 e. The molecule has 132 valence electrons. The Kier molecular flexibility index (Phi) is 9.05. The summed E-state index contributed by atoms with van der Waals surface area (Å²) in [4.78, 5) is 9.95. The Morgan fingerprint density at radius 1 is 1.29 bits per heavy atom. The van der Waals surface area contributed by atoms with E-state index in [1.54, 1.807) is 25.5 Å². The zero-order chi connectivity index (χ0) is 16.7. The number of ether oxygens (including phenoxy) is 1. The molecule has 0 unspecified atom stereocenters. The van der Waals surface area contributed by atoms with E-state index in [1.165, 1.54) is 10.4 Å². The molecular weight excluding hydrogens is 435 g/mol. The number of guanidine groups is 1. The maximum absolute atomic E-state index is 5.24. The monoisotopic (exact) mass is 460 g/mol. The molecule has 0 radical (unpaired) electrons. The van der Waals surface area contributed by atoms with Gasteiger partial charge in [0.05, 0.1) is 24.4 Å². The van der Waals surface area contributed by atoms with Gasteiger partial charge in [-0.05, 0) is 38.0 Å². The first kappa shape index (κ1) is 20.7. The Bertz CT molecular complexity index is 672. The third-order valence-corrected chi connectivity index (χ3v) is 4.55. The number of aryl methyl sites for hydroxylation is 2. The molecule has 0 amide bonds. The fourth-order valence-corrected chi connectivity index (χ4v) is 3.15. The van der Waals surface area contributed by atoms with E-state index >= 15 is 0 Å². The van der Waals surface area contributed by atoms with Crippen LogP contribution >= 0.6 is 35.3 Å². The highest BCUT2D eigenvalue weighted by Crippen LogP contribution is 2.16. The van der Waals surface area contributed by atoms with Crippen LogP contribution in [0.3, 0.4) is 0 Å². The number of thiazole rings is 1. The van der Waals surface area contributed by atoms with E-state index in [4.69, 9.17) is 4.74 Å². The molecule has 0 atom stereocenters. The van der Waals surface area contributed by atoms with Crippen LogP contribution in [-0.2, 0) is 13.0 Å². The summed E-state index contributed by atoms with van der Waals surface area (Å²) in [5, 5.41) is 7.76. The van der Waals surface area contributed by atoms with Gasteiger partial charge in [0.2, 0.25) is 0 Å². The number of nitrogens with zero attached hydrogens (tertiary/aromatic N) is 2. The maximum Gasteiger partial charge on any atom is 0.191 e. The first-order valence-corrected chi connectivity index (χ1v) is 8.44. The molecule has 0 aliphatic heterocycles. The third kappa shape index (κ3) is 6.27. The van der Waals surface area contributed by atoms with Crippen molar-refractivity contribution in [3.05, 3.63) is 45.4 Å².